The summed E-state index contributed by atoms with van der Waals surface area (Å²) < 4.78 is 11.4. The normalized spacial score (nSPS) is 16.0. The van der Waals surface area contributed by atoms with Crippen molar-refractivity contribution in [3.63, 3.8) is 0 Å². The van der Waals surface area contributed by atoms with Crippen LogP contribution in [0.25, 0.3) is 0 Å². The summed E-state index contributed by atoms with van der Waals surface area (Å²) in [5, 5.41) is 2.96. The van der Waals surface area contributed by atoms with Gasteiger partial charge in [-0.25, -0.2) is 9.59 Å². The van der Waals surface area contributed by atoms with Crippen molar-refractivity contribution in [2.45, 2.75) is 58.7 Å². The lowest BCUT2D eigenvalue weighted by molar-refractivity contribution is 0.0476. The van der Waals surface area contributed by atoms with E-state index in [2.05, 4.69) is 38.9 Å². The fourth-order valence-electron chi connectivity index (χ4n) is 3.02. The first kappa shape index (κ1) is 21.9. The van der Waals surface area contributed by atoms with Gasteiger partial charge in [-0.2, -0.15) is 0 Å². The van der Waals surface area contributed by atoms with Gasteiger partial charge in [0.2, 0.25) is 0 Å². The summed E-state index contributed by atoms with van der Waals surface area (Å²) >= 11 is 2.22. The smallest absolute Gasteiger partial charge is 0.407 e. The van der Waals surface area contributed by atoms with Crippen LogP contribution >= 0.6 is 22.6 Å². The average molecular weight is 488 g/mol. The fraction of sp³-hybridized carbons (Fsp3) is 0.600. The molecule has 1 aromatic carbocycles. The number of likely N-dealkylation sites (tertiary alicyclic amines) is 1. The zero-order valence-electron chi connectivity index (χ0n) is 16.5. The van der Waals surface area contributed by atoms with E-state index in [0.717, 1.165) is 41.6 Å². The average Bonchev–Trinajstić information content (AvgIpc) is 2.57. The number of hydrogen-bond acceptors (Lipinski definition) is 5. The van der Waals surface area contributed by atoms with Gasteiger partial charge < -0.3 is 14.8 Å². The van der Waals surface area contributed by atoms with E-state index in [-0.39, 0.29) is 18.1 Å². The van der Waals surface area contributed by atoms with Crippen LogP contribution in [-0.4, -0.2) is 48.3 Å². The Balaban J connectivity index is 1.88. The van der Waals surface area contributed by atoms with E-state index in [4.69, 9.17) is 9.47 Å². The maximum absolute atomic E-state index is 12.1. The van der Waals surface area contributed by atoms with Crippen molar-refractivity contribution in [3.8, 4) is 0 Å². The van der Waals surface area contributed by atoms with Crippen LogP contribution in [0.5, 0.6) is 0 Å². The maximum atomic E-state index is 12.1. The Hall–Kier alpha value is -1.35. The Morgan fingerprint density at radius 2 is 1.93 bits per heavy atom. The standard InChI is InChI=1S/C20H29IN2O4/c1-5-26-18(24)16-8-6-7-14(17(16)21)13-23-11-9-15(10-12-23)22-19(25)27-20(2,3)4/h6-8,15H,5,9-13H2,1-4H3,(H,22,25). The minimum Gasteiger partial charge on any atom is -0.462 e. The Bertz CT molecular complexity index is 664. The molecule has 27 heavy (non-hydrogen) atoms. The molecule has 1 fully saturated rings. The van der Waals surface area contributed by atoms with Crippen molar-refractivity contribution in [3.05, 3.63) is 32.9 Å². The quantitative estimate of drug-likeness (QED) is 0.502. The summed E-state index contributed by atoms with van der Waals surface area (Å²) in [5.74, 6) is -0.274. The number of rotatable bonds is 5. The van der Waals surface area contributed by atoms with Gasteiger partial charge in [0.05, 0.1) is 12.2 Å². The molecular formula is C20H29IN2O4. The number of carbonyl (C=O) groups is 2. The second-order valence-corrected chi connectivity index (χ2v) is 8.77. The number of halogens is 1. The SMILES string of the molecule is CCOC(=O)c1cccc(CN2CCC(NC(=O)OC(C)(C)C)CC2)c1I. The second-order valence-electron chi connectivity index (χ2n) is 7.70. The fourth-order valence-corrected chi connectivity index (χ4v) is 3.77. The molecule has 0 saturated carbocycles. The van der Waals surface area contributed by atoms with Gasteiger partial charge in [0.15, 0.2) is 0 Å². The molecule has 1 heterocycles. The molecule has 1 aliphatic rings. The number of alkyl carbamates (subject to hydrolysis) is 1. The van der Waals surface area contributed by atoms with Gasteiger partial charge in [-0.1, -0.05) is 12.1 Å². The van der Waals surface area contributed by atoms with Gasteiger partial charge >= 0.3 is 12.1 Å². The van der Waals surface area contributed by atoms with E-state index in [9.17, 15) is 9.59 Å². The topological polar surface area (TPSA) is 67.9 Å². The molecule has 0 aromatic heterocycles. The Morgan fingerprint density at radius 3 is 2.52 bits per heavy atom. The zero-order valence-corrected chi connectivity index (χ0v) is 18.7. The van der Waals surface area contributed by atoms with Gasteiger partial charge in [-0.05, 0) is 74.8 Å². The number of benzene rings is 1. The van der Waals surface area contributed by atoms with Gasteiger partial charge in [-0.15, -0.1) is 0 Å². The lowest BCUT2D eigenvalue weighted by Crippen LogP contribution is -2.45. The summed E-state index contributed by atoms with van der Waals surface area (Å²) in [6, 6.07) is 5.90. The van der Waals surface area contributed by atoms with Crippen molar-refractivity contribution in [1.82, 2.24) is 10.2 Å². The molecule has 0 radical (unpaired) electrons. The molecular weight excluding hydrogens is 459 g/mol. The largest absolute Gasteiger partial charge is 0.462 e. The summed E-state index contributed by atoms with van der Waals surface area (Å²) in [4.78, 5) is 26.3. The Kier molecular flexibility index (Phi) is 7.91. The number of carbonyl (C=O) groups excluding carboxylic acids is 2. The van der Waals surface area contributed by atoms with Gasteiger partial charge in [0.25, 0.3) is 0 Å². The van der Waals surface area contributed by atoms with Crippen molar-refractivity contribution < 1.29 is 19.1 Å². The predicted octanol–water partition coefficient (Wildman–Crippen LogP) is 3.96. The minimum absolute atomic E-state index is 0.140. The van der Waals surface area contributed by atoms with E-state index >= 15 is 0 Å². The van der Waals surface area contributed by atoms with Crippen molar-refractivity contribution in [2.75, 3.05) is 19.7 Å². The number of piperidine rings is 1. The number of amides is 1. The molecule has 0 aliphatic carbocycles. The van der Waals surface area contributed by atoms with Crippen molar-refractivity contribution >= 4 is 34.7 Å². The molecule has 150 valence electrons. The molecule has 0 unspecified atom stereocenters. The highest BCUT2D eigenvalue weighted by Gasteiger charge is 2.24. The molecule has 1 aliphatic heterocycles. The van der Waals surface area contributed by atoms with Crippen LogP contribution in [0.4, 0.5) is 4.79 Å². The molecule has 1 amide bonds. The van der Waals surface area contributed by atoms with E-state index < -0.39 is 5.60 Å². The van der Waals surface area contributed by atoms with Gasteiger partial charge in [-0.3, -0.25) is 4.90 Å². The molecule has 1 aromatic rings. The second kappa shape index (κ2) is 9.73. The first-order valence-corrected chi connectivity index (χ1v) is 10.4. The van der Waals surface area contributed by atoms with Crippen LogP contribution in [0, 0.1) is 3.57 Å². The van der Waals surface area contributed by atoms with Crippen LogP contribution in [0.2, 0.25) is 0 Å². The van der Waals surface area contributed by atoms with Crippen LogP contribution in [0.15, 0.2) is 18.2 Å². The van der Waals surface area contributed by atoms with Crippen LogP contribution in [-0.2, 0) is 16.0 Å². The van der Waals surface area contributed by atoms with Crippen molar-refractivity contribution in [2.24, 2.45) is 0 Å². The Labute approximate surface area is 175 Å². The molecule has 0 atom stereocenters. The Morgan fingerprint density at radius 1 is 1.26 bits per heavy atom. The molecule has 2 rings (SSSR count). The third-order valence-corrected chi connectivity index (χ3v) is 5.55. The highest BCUT2D eigenvalue weighted by atomic mass is 127. The molecule has 1 saturated heterocycles. The highest BCUT2D eigenvalue weighted by Crippen LogP contribution is 2.22. The van der Waals surface area contributed by atoms with E-state index in [1.165, 1.54) is 0 Å². The number of nitrogens with one attached hydrogen (secondary N) is 1. The number of hydrogen-bond donors (Lipinski definition) is 1. The van der Waals surface area contributed by atoms with Crippen LogP contribution < -0.4 is 5.32 Å². The van der Waals surface area contributed by atoms with Crippen LogP contribution in [0.1, 0.15) is 56.5 Å². The number of esters is 1. The third kappa shape index (κ3) is 6.95. The molecule has 7 heteroatoms. The lowest BCUT2D eigenvalue weighted by Gasteiger charge is -2.33. The molecule has 1 N–H and O–H groups in total. The summed E-state index contributed by atoms with van der Waals surface area (Å²) in [5.41, 5.74) is 1.27. The maximum Gasteiger partial charge on any atom is 0.407 e. The molecule has 0 spiro atoms. The minimum atomic E-state index is -0.481. The van der Waals surface area contributed by atoms with Gasteiger partial charge in [0.1, 0.15) is 5.60 Å². The van der Waals surface area contributed by atoms with Gasteiger partial charge in [0, 0.05) is 29.2 Å². The first-order chi connectivity index (χ1) is 12.7. The van der Waals surface area contributed by atoms with Crippen LogP contribution in [0.3, 0.4) is 0 Å². The summed E-state index contributed by atoms with van der Waals surface area (Å²) in [6.07, 6.45) is 1.42. The monoisotopic (exact) mass is 488 g/mol. The molecule has 0 bridgehead atoms. The molecule has 6 nitrogen and oxygen atoms in total. The van der Waals surface area contributed by atoms with E-state index in [1.807, 2.05) is 33.8 Å². The van der Waals surface area contributed by atoms with Crippen molar-refractivity contribution in [1.29, 1.82) is 0 Å². The first-order valence-electron chi connectivity index (χ1n) is 9.36. The van der Waals surface area contributed by atoms with E-state index in [0.29, 0.717) is 12.2 Å². The summed E-state index contributed by atoms with van der Waals surface area (Å²) in [7, 11) is 0. The third-order valence-electron chi connectivity index (χ3n) is 4.28. The number of ether oxygens (including phenoxy) is 2. The zero-order chi connectivity index (χ0) is 20.0. The lowest BCUT2D eigenvalue weighted by atomic mass is 10.0. The predicted molar refractivity (Wildman–Crippen MR) is 113 cm³/mol. The highest BCUT2D eigenvalue weighted by molar-refractivity contribution is 14.1. The van der Waals surface area contributed by atoms with E-state index in [1.54, 1.807) is 6.07 Å². The summed E-state index contributed by atoms with van der Waals surface area (Å²) in [6.45, 7) is 10.3. The number of nitrogens with zero attached hydrogens (tertiary/aromatic N) is 1.